The van der Waals surface area contributed by atoms with Crippen LogP contribution >= 0.6 is 7.60 Å². The van der Waals surface area contributed by atoms with Gasteiger partial charge in [0.15, 0.2) is 13.1 Å². The molecule has 2 aromatic carbocycles. The maximum absolute atomic E-state index is 12.7. The molecule has 0 aromatic heterocycles. The molecule has 0 fully saturated rings. The Kier molecular flexibility index (Phi) is 10.9. The van der Waals surface area contributed by atoms with Gasteiger partial charge >= 0.3 is 7.60 Å². The van der Waals surface area contributed by atoms with Crippen LogP contribution in [0.3, 0.4) is 0 Å². The SMILES string of the molecule is CCOP(=O)(COc1cc(C)c(Cc2ccc(OCOC)c(C(C)CC)c2)c(C)c1)OCC. The van der Waals surface area contributed by atoms with E-state index >= 15 is 0 Å². The molecule has 184 valence electrons. The molecule has 0 radical (unpaired) electrons. The van der Waals surface area contributed by atoms with Gasteiger partial charge in [0, 0.05) is 7.11 Å². The molecule has 6 nitrogen and oxygen atoms in total. The number of methoxy groups -OCH3 is 1. The summed E-state index contributed by atoms with van der Waals surface area (Å²) in [5.74, 6) is 1.93. The Bertz CT molecular complexity index is 909. The zero-order chi connectivity index (χ0) is 24.4. The Morgan fingerprint density at radius 3 is 2.12 bits per heavy atom. The minimum Gasteiger partial charge on any atom is -0.481 e. The molecule has 2 aromatic rings. The first-order valence-electron chi connectivity index (χ1n) is 11.6. The van der Waals surface area contributed by atoms with E-state index in [9.17, 15) is 4.57 Å². The zero-order valence-corrected chi connectivity index (χ0v) is 22.0. The van der Waals surface area contributed by atoms with Gasteiger partial charge in [-0.25, -0.2) is 0 Å². The predicted octanol–water partition coefficient (Wildman–Crippen LogP) is 6.99. The Labute approximate surface area is 199 Å². The minimum absolute atomic E-state index is 0.103. The summed E-state index contributed by atoms with van der Waals surface area (Å²) in [7, 11) is -1.63. The van der Waals surface area contributed by atoms with Crippen LogP contribution in [0.25, 0.3) is 0 Å². The van der Waals surface area contributed by atoms with E-state index < -0.39 is 7.60 Å². The van der Waals surface area contributed by atoms with Gasteiger partial charge in [-0.05, 0) is 92.5 Å². The van der Waals surface area contributed by atoms with Gasteiger partial charge in [0.1, 0.15) is 11.5 Å². The molecule has 1 unspecified atom stereocenters. The fraction of sp³-hybridized carbons (Fsp3) is 0.538. The molecule has 33 heavy (non-hydrogen) atoms. The second kappa shape index (κ2) is 13.1. The third-order valence-electron chi connectivity index (χ3n) is 5.64. The standard InChI is InChI=1S/C26H39O6P/c1-8-19(4)25-16-22(11-12-26(25)29-17-28-7)15-24-20(5)13-23(14-21(24)6)30-18-33(27,31-9-2)32-10-3/h11-14,16,19H,8-10,15,17-18H2,1-7H3. The van der Waals surface area contributed by atoms with Crippen LogP contribution < -0.4 is 9.47 Å². The number of rotatable bonds is 14. The average molecular weight is 479 g/mol. The van der Waals surface area contributed by atoms with Crippen LogP contribution in [-0.2, 0) is 24.8 Å². The van der Waals surface area contributed by atoms with Gasteiger partial charge in [0.2, 0.25) is 0 Å². The Balaban J connectivity index is 2.22. The third kappa shape index (κ3) is 7.86. The van der Waals surface area contributed by atoms with E-state index in [1.54, 1.807) is 21.0 Å². The summed E-state index contributed by atoms with van der Waals surface area (Å²) in [5, 5.41) is 0. The summed E-state index contributed by atoms with van der Waals surface area (Å²) in [6, 6.07) is 10.4. The summed E-state index contributed by atoms with van der Waals surface area (Å²) in [5.41, 5.74) is 5.92. The zero-order valence-electron chi connectivity index (χ0n) is 21.1. The largest absolute Gasteiger partial charge is 0.481 e. The molecule has 0 amide bonds. The van der Waals surface area contributed by atoms with Gasteiger partial charge in [-0.3, -0.25) is 4.57 Å². The highest BCUT2D eigenvalue weighted by molar-refractivity contribution is 7.53. The van der Waals surface area contributed by atoms with Crippen LogP contribution in [0, 0.1) is 13.8 Å². The van der Waals surface area contributed by atoms with E-state index in [0.29, 0.717) is 24.9 Å². The second-order valence-electron chi connectivity index (χ2n) is 8.16. The molecule has 0 heterocycles. The predicted molar refractivity (Wildman–Crippen MR) is 133 cm³/mol. The monoisotopic (exact) mass is 478 g/mol. The number of hydrogen-bond acceptors (Lipinski definition) is 6. The van der Waals surface area contributed by atoms with E-state index in [0.717, 1.165) is 29.7 Å². The molecule has 0 saturated carbocycles. The lowest BCUT2D eigenvalue weighted by atomic mass is 9.91. The van der Waals surface area contributed by atoms with Gasteiger partial charge in [-0.1, -0.05) is 26.0 Å². The molecule has 0 aliphatic rings. The van der Waals surface area contributed by atoms with Crippen molar-refractivity contribution >= 4 is 7.60 Å². The summed E-state index contributed by atoms with van der Waals surface area (Å²) < 4.78 is 40.0. The van der Waals surface area contributed by atoms with Gasteiger partial charge in [-0.15, -0.1) is 0 Å². The Hall–Kier alpha value is -1.85. The smallest absolute Gasteiger partial charge is 0.367 e. The third-order valence-corrected chi connectivity index (χ3v) is 7.39. The van der Waals surface area contributed by atoms with Crippen LogP contribution in [0.2, 0.25) is 0 Å². The van der Waals surface area contributed by atoms with Crippen LogP contribution in [0.5, 0.6) is 11.5 Å². The van der Waals surface area contributed by atoms with Crippen molar-refractivity contribution in [2.75, 3.05) is 33.5 Å². The van der Waals surface area contributed by atoms with Crippen molar-refractivity contribution in [1.29, 1.82) is 0 Å². The lowest BCUT2D eigenvalue weighted by Gasteiger charge is -2.19. The average Bonchev–Trinajstić information content (AvgIpc) is 2.79. The molecule has 0 aliphatic carbocycles. The van der Waals surface area contributed by atoms with Crippen LogP contribution in [0.1, 0.15) is 67.9 Å². The molecule has 0 N–H and O–H groups in total. The van der Waals surface area contributed by atoms with Gasteiger partial charge < -0.3 is 23.3 Å². The van der Waals surface area contributed by atoms with Crippen molar-refractivity contribution in [3.63, 3.8) is 0 Å². The normalized spacial score (nSPS) is 12.6. The van der Waals surface area contributed by atoms with Crippen molar-refractivity contribution in [2.24, 2.45) is 0 Å². The minimum atomic E-state index is -3.26. The molecule has 0 aliphatic heterocycles. The highest BCUT2D eigenvalue weighted by atomic mass is 31.2. The van der Waals surface area contributed by atoms with E-state index in [1.807, 2.05) is 18.2 Å². The summed E-state index contributed by atoms with van der Waals surface area (Å²) in [4.78, 5) is 0. The van der Waals surface area contributed by atoms with Crippen molar-refractivity contribution in [3.05, 3.63) is 58.1 Å². The molecular weight excluding hydrogens is 439 g/mol. The van der Waals surface area contributed by atoms with Crippen LogP contribution in [0.4, 0.5) is 0 Å². The molecule has 1 atom stereocenters. The summed E-state index contributed by atoms with van der Waals surface area (Å²) in [6.45, 7) is 13.0. The van der Waals surface area contributed by atoms with E-state index in [4.69, 9.17) is 23.3 Å². The number of hydrogen-bond donors (Lipinski definition) is 0. The molecule has 0 bridgehead atoms. The van der Waals surface area contributed by atoms with Crippen molar-refractivity contribution in [1.82, 2.24) is 0 Å². The Morgan fingerprint density at radius 1 is 0.939 bits per heavy atom. The summed E-state index contributed by atoms with van der Waals surface area (Å²) >= 11 is 0. The topological polar surface area (TPSA) is 63.2 Å². The van der Waals surface area contributed by atoms with Crippen molar-refractivity contribution in [3.8, 4) is 11.5 Å². The highest BCUT2D eigenvalue weighted by Gasteiger charge is 2.25. The lowest BCUT2D eigenvalue weighted by Crippen LogP contribution is -2.07. The quantitative estimate of drug-likeness (QED) is 0.215. The maximum Gasteiger partial charge on any atom is 0.367 e. The van der Waals surface area contributed by atoms with Crippen LogP contribution in [0.15, 0.2) is 30.3 Å². The number of ether oxygens (including phenoxy) is 3. The maximum atomic E-state index is 12.7. The first kappa shape index (κ1) is 27.4. The van der Waals surface area contributed by atoms with E-state index in [1.165, 1.54) is 16.7 Å². The molecular formula is C26H39O6P. The second-order valence-corrected chi connectivity index (χ2v) is 10.2. The summed E-state index contributed by atoms with van der Waals surface area (Å²) in [6.07, 6.45) is 1.74. The van der Waals surface area contributed by atoms with Crippen molar-refractivity contribution < 1.29 is 27.8 Å². The van der Waals surface area contributed by atoms with Crippen molar-refractivity contribution in [2.45, 2.75) is 60.3 Å². The fourth-order valence-electron chi connectivity index (χ4n) is 3.75. The van der Waals surface area contributed by atoms with E-state index in [2.05, 4.69) is 39.8 Å². The molecule has 0 spiro atoms. The number of benzene rings is 2. The molecule has 2 rings (SSSR count). The van der Waals surface area contributed by atoms with Gasteiger partial charge in [0.25, 0.3) is 0 Å². The lowest BCUT2D eigenvalue weighted by molar-refractivity contribution is 0.0502. The van der Waals surface area contributed by atoms with E-state index in [-0.39, 0.29) is 13.1 Å². The van der Waals surface area contributed by atoms with Gasteiger partial charge in [-0.2, -0.15) is 0 Å². The fourth-order valence-corrected chi connectivity index (χ4v) is 5.06. The van der Waals surface area contributed by atoms with Crippen LogP contribution in [-0.4, -0.2) is 33.5 Å². The molecule has 7 heteroatoms. The highest BCUT2D eigenvalue weighted by Crippen LogP contribution is 2.48. The Morgan fingerprint density at radius 2 is 1.58 bits per heavy atom. The van der Waals surface area contributed by atoms with Gasteiger partial charge in [0.05, 0.1) is 13.2 Å². The molecule has 0 saturated heterocycles. The first-order valence-corrected chi connectivity index (χ1v) is 13.3. The first-order chi connectivity index (χ1) is 15.8. The number of aryl methyl sites for hydroxylation is 2.